The van der Waals surface area contributed by atoms with E-state index in [0.717, 1.165) is 24.5 Å². The molecule has 0 saturated carbocycles. The van der Waals surface area contributed by atoms with Crippen molar-refractivity contribution in [2.45, 2.75) is 6.42 Å². The van der Waals surface area contributed by atoms with Gasteiger partial charge < -0.3 is 11.1 Å². The van der Waals surface area contributed by atoms with E-state index in [4.69, 9.17) is 5.73 Å². The van der Waals surface area contributed by atoms with Gasteiger partial charge in [0.2, 0.25) is 0 Å². The molecule has 3 aromatic rings. The number of rotatable bonds is 4. The number of nitrogens with zero attached hydrogens (tertiary/aromatic N) is 5. The number of nitrogen functional groups attached to an aromatic ring is 1. The fourth-order valence-corrected chi connectivity index (χ4v) is 1.76. The summed E-state index contributed by atoms with van der Waals surface area (Å²) < 4.78 is 1.39. The van der Waals surface area contributed by atoms with Gasteiger partial charge in [0.25, 0.3) is 0 Å². The molecule has 0 aliphatic heterocycles. The van der Waals surface area contributed by atoms with E-state index in [1.54, 1.807) is 0 Å². The zero-order chi connectivity index (χ0) is 13.1. The third-order valence-corrected chi connectivity index (χ3v) is 2.77. The summed E-state index contributed by atoms with van der Waals surface area (Å²) in [6.45, 7) is 0.782. The normalized spacial score (nSPS) is 10.7. The molecule has 0 aliphatic carbocycles. The van der Waals surface area contributed by atoms with Crippen LogP contribution in [0.25, 0.3) is 5.65 Å². The second-order valence-corrected chi connectivity index (χ2v) is 4.16. The zero-order valence-electron chi connectivity index (χ0n) is 10.2. The van der Waals surface area contributed by atoms with Gasteiger partial charge in [-0.05, 0) is 46.7 Å². The number of aromatic nitrogens is 5. The van der Waals surface area contributed by atoms with Crippen LogP contribution in [0.15, 0.2) is 36.4 Å². The first-order chi connectivity index (χ1) is 9.31. The summed E-state index contributed by atoms with van der Waals surface area (Å²) in [5.74, 6) is 0.746. The van der Waals surface area contributed by atoms with Gasteiger partial charge in [0, 0.05) is 12.2 Å². The van der Waals surface area contributed by atoms with Crippen LogP contribution in [0, 0.1) is 0 Å². The molecule has 19 heavy (non-hydrogen) atoms. The smallest absolute Gasteiger partial charge is 0.200 e. The summed E-state index contributed by atoms with van der Waals surface area (Å²) in [5.41, 5.74) is 8.28. The molecule has 0 saturated heterocycles. The molecule has 7 nitrogen and oxygen atoms in total. The second kappa shape index (κ2) is 4.89. The molecule has 0 atom stereocenters. The number of nitrogens with two attached hydrogens (primary N) is 1. The summed E-state index contributed by atoms with van der Waals surface area (Å²) in [5, 5.41) is 18.5. The lowest BCUT2D eigenvalue weighted by molar-refractivity contribution is 0.733. The average molecular weight is 255 g/mol. The maximum absolute atomic E-state index is 5.64. The van der Waals surface area contributed by atoms with Gasteiger partial charge in [0.15, 0.2) is 5.65 Å². The van der Waals surface area contributed by atoms with Crippen LogP contribution in [0.1, 0.15) is 5.56 Å². The van der Waals surface area contributed by atoms with Crippen molar-refractivity contribution in [2.24, 2.45) is 0 Å². The van der Waals surface area contributed by atoms with E-state index >= 15 is 0 Å². The minimum absolute atomic E-state index is 0.629. The predicted molar refractivity (Wildman–Crippen MR) is 71.6 cm³/mol. The molecule has 96 valence electrons. The number of tetrazole rings is 1. The van der Waals surface area contributed by atoms with Crippen molar-refractivity contribution in [3.05, 3.63) is 42.0 Å². The Morgan fingerprint density at radius 3 is 2.79 bits per heavy atom. The van der Waals surface area contributed by atoms with Crippen molar-refractivity contribution >= 4 is 17.2 Å². The minimum atomic E-state index is 0.629. The largest absolute Gasteiger partial charge is 0.399 e. The Morgan fingerprint density at radius 1 is 1.11 bits per heavy atom. The van der Waals surface area contributed by atoms with Crippen molar-refractivity contribution in [3.63, 3.8) is 0 Å². The second-order valence-electron chi connectivity index (χ2n) is 4.16. The highest BCUT2D eigenvalue weighted by atomic mass is 15.6. The quantitative estimate of drug-likeness (QED) is 0.668. The van der Waals surface area contributed by atoms with Gasteiger partial charge >= 0.3 is 0 Å². The molecule has 2 heterocycles. The summed E-state index contributed by atoms with van der Waals surface area (Å²) in [6, 6.07) is 11.5. The molecule has 1 aromatic carbocycles. The standard InChI is InChI=1S/C12H13N7/c13-10-3-1-9(2-4-10)7-8-14-11-5-6-12-15-17-18-19(12)16-11/h1-6H,7-8,13H2,(H,14,16). The van der Waals surface area contributed by atoms with Crippen molar-refractivity contribution in [2.75, 3.05) is 17.6 Å². The molecule has 0 bridgehead atoms. The summed E-state index contributed by atoms with van der Waals surface area (Å²) in [4.78, 5) is 0. The van der Waals surface area contributed by atoms with E-state index < -0.39 is 0 Å². The molecule has 0 spiro atoms. The number of anilines is 2. The molecular formula is C12H13N7. The molecule has 3 rings (SSSR count). The first-order valence-corrected chi connectivity index (χ1v) is 5.95. The Labute approximate surface area is 109 Å². The lowest BCUT2D eigenvalue weighted by Gasteiger charge is -2.05. The van der Waals surface area contributed by atoms with E-state index in [2.05, 4.69) is 25.9 Å². The minimum Gasteiger partial charge on any atom is -0.399 e. The summed E-state index contributed by atoms with van der Waals surface area (Å²) >= 11 is 0. The van der Waals surface area contributed by atoms with Crippen LogP contribution in [0.2, 0.25) is 0 Å². The molecule has 0 amide bonds. The van der Waals surface area contributed by atoms with Crippen LogP contribution in [-0.2, 0) is 6.42 Å². The number of benzene rings is 1. The van der Waals surface area contributed by atoms with Crippen molar-refractivity contribution in [3.8, 4) is 0 Å². The molecular weight excluding hydrogens is 242 g/mol. The van der Waals surface area contributed by atoms with Crippen LogP contribution < -0.4 is 11.1 Å². The number of hydrogen-bond acceptors (Lipinski definition) is 6. The van der Waals surface area contributed by atoms with E-state index in [-0.39, 0.29) is 0 Å². The Balaban J connectivity index is 1.61. The van der Waals surface area contributed by atoms with Gasteiger partial charge in [-0.2, -0.15) is 0 Å². The number of nitrogens with one attached hydrogen (secondary N) is 1. The third kappa shape index (κ3) is 2.59. The lowest BCUT2D eigenvalue weighted by atomic mass is 10.1. The van der Waals surface area contributed by atoms with Crippen LogP contribution in [0.4, 0.5) is 11.5 Å². The Bertz CT molecular complexity index is 674. The molecule has 3 N–H and O–H groups in total. The Morgan fingerprint density at radius 2 is 1.95 bits per heavy atom. The molecule has 7 heteroatoms. The lowest BCUT2D eigenvalue weighted by Crippen LogP contribution is -2.08. The fourth-order valence-electron chi connectivity index (χ4n) is 1.76. The van der Waals surface area contributed by atoms with Crippen molar-refractivity contribution < 1.29 is 0 Å². The van der Waals surface area contributed by atoms with E-state index in [1.165, 1.54) is 10.2 Å². The van der Waals surface area contributed by atoms with Crippen molar-refractivity contribution in [1.29, 1.82) is 0 Å². The topological polar surface area (TPSA) is 94.0 Å². The maximum Gasteiger partial charge on any atom is 0.200 e. The number of fused-ring (bicyclic) bond motifs is 1. The SMILES string of the molecule is Nc1ccc(CCNc2ccc3nnnn3n2)cc1. The Kier molecular flexibility index (Phi) is 2.93. The van der Waals surface area contributed by atoms with E-state index in [1.807, 2.05) is 36.4 Å². The zero-order valence-corrected chi connectivity index (χ0v) is 10.2. The molecule has 0 radical (unpaired) electrons. The van der Waals surface area contributed by atoms with Gasteiger partial charge in [-0.1, -0.05) is 12.1 Å². The van der Waals surface area contributed by atoms with E-state index in [9.17, 15) is 0 Å². The van der Waals surface area contributed by atoms with Gasteiger partial charge in [-0.15, -0.1) is 14.8 Å². The van der Waals surface area contributed by atoms with Gasteiger partial charge in [-0.3, -0.25) is 0 Å². The van der Waals surface area contributed by atoms with Crippen molar-refractivity contribution in [1.82, 2.24) is 25.3 Å². The van der Waals surface area contributed by atoms with Gasteiger partial charge in [0.1, 0.15) is 5.82 Å². The van der Waals surface area contributed by atoms with Gasteiger partial charge in [0.05, 0.1) is 0 Å². The Hall–Kier alpha value is -2.70. The highest BCUT2D eigenvalue weighted by molar-refractivity contribution is 5.42. The van der Waals surface area contributed by atoms with Crippen LogP contribution in [0.3, 0.4) is 0 Å². The summed E-state index contributed by atoms with van der Waals surface area (Å²) in [6.07, 6.45) is 0.898. The number of hydrogen-bond donors (Lipinski definition) is 2. The molecule has 0 unspecified atom stereocenters. The monoisotopic (exact) mass is 255 g/mol. The van der Waals surface area contributed by atoms with Gasteiger partial charge in [-0.25, -0.2) is 0 Å². The van der Waals surface area contributed by atoms with Crippen LogP contribution >= 0.6 is 0 Å². The van der Waals surface area contributed by atoms with E-state index in [0.29, 0.717) is 5.65 Å². The first-order valence-electron chi connectivity index (χ1n) is 5.95. The predicted octanol–water partition coefficient (Wildman–Crippen LogP) is 0.756. The maximum atomic E-state index is 5.64. The summed E-state index contributed by atoms with van der Waals surface area (Å²) in [7, 11) is 0. The first kappa shape index (κ1) is 11.4. The highest BCUT2D eigenvalue weighted by Crippen LogP contribution is 2.07. The highest BCUT2D eigenvalue weighted by Gasteiger charge is 2.00. The average Bonchev–Trinajstić information content (AvgIpc) is 2.88. The third-order valence-electron chi connectivity index (χ3n) is 2.77. The van der Waals surface area contributed by atoms with Crippen LogP contribution in [-0.4, -0.2) is 31.8 Å². The molecule has 2 aromatic heterocycles. The van der Waals surface area contributed by atoms with Crippen LogP contribution in [0.5, 0.6) is 0 Å². The molecule has 0 fully saturated rings. The molecule has 0 aliphatic rings. The fraction of sp³-hybridized carbons (Fsp3) is 0.167.